The van der Waals surface area contributed by atoms with Crippen LogP contribution in [0.15, 0.2) is 36.5 Å². The zero-order valence-corrected chi connectivity index (χ0v) is 10.9. The van der Waals surface area contributed by atoms with E-state index in [1.54, 1.807) is 20.2 Å². The summed E-state index contributed by atoms with van der Waals surface area (Å²) in [4.78, 5) is 4.21. The summed E-state index contributed by atoms with van der Waals surface area (Å²) in [6.45, 7) is 2.08. The molecule has 2 heterocycles. The lowest BCUT2D eigenvalue weighted by molar-refractivity contribution is -0.192. The Labute approximate surface area is 111 Å². The number of methoxy groups -OCH3 is 1. The molecule has 19 heavy (non-hydrogen) atoms. The van der Waals surface area contributed by atoms with Crippen molar-refractivity contribution in [2.45, 2.75) is 19.3 Å². The molecule has 3 rings (SSSR count). The minimum absolute atomic E-state index is 0.187. The smallest absolute Gasteiger partial charge is 0.224 e. The van der Waals surface area contributed by atoms with Crippen molar-refractivity contribution in [2.75, 3.05) is 7.11 Å². The van der Waals surface area contributed by atoms with Crippen molar-refractivity contribution in [2.24, 2.45) is 0 Å². The van der Waals surface area contributed by atoms with Crippen molar-refractivity contribution >= 4 is 0 Å². The second-order valence-electron chi connectivity index (χ2n) is 4.56. The lowest BCUT2D eigenvalue weighted by Crippen LogP contribution is -2.29. The van der Waals surface area contributed by atoms with Gasteiger partial charge in [-0.3, -0.25) is 4.98 Å². The minimum atomic E-state index is -0.977. The van der Waals surface area contributed by atoms with Crippen molar-refractivity contribution in [3.8, 4) is 5.75 Å². The van der Waals surface area contributed by atoms with Gasteiger partial charge >= 0.3 is 0 Å². The fourth-order valence-electron chi connectivity index (χ4n) is 2.51. The average Bonchev–Trinajstić information content (AvgIpc) is 2.84. The maximum Gasteiger partial charge on any atom is 0.224 e. The Bertz CT molecular complexity index is 612. The van der Waals surface area contributed by atoms with Crippen molar-refractivity contribution in [3.63, 3.8) is 0 Å². The first-order valence-electron chi connectivity index (χ1n) is 6.11. The molecule has 0 radical (unpaired) electrons. The number of pyridine rings is 1. The van der Waals surface area contributed by atoms with Crippen molar-refractivity contribution in [1.29, 1.82) is 0 Å². The van der Waals surface area contributed by atoms with Gasteiger partial charge in [-0.15, -0.1) is 0 Å². The lowest BCUT2D eigenvalue weighted by Gasteiger charge is -2.28. The number of aromatic nitrogens is 1. The summed E-state index contributed by atoms with van der Waals surface area (Å²) in [5, 5.41) is 10.1. The van der Waals surface area contributed by atoms with Crippen LogP contribution in [0.5, 0.6) is 5.75 Å². The molecular weight excluding hydrogens is 242 g/mol. The summed E-state index contributed by atoms with van der Waals surface area (Å²) >= 11 is 0. The molecule has 1 aromatic heterocycles. The van der Waals surface area contributed by atoms with E-state index in [0.29, 0.717) is 12.3 Å². The minimum Gasteiger partial charge on any atom is -0.506 e. The van der Waals surface area contributed by atoms with Crippen LogP contribution in [0.25, 0.3) is 0 Å². The summed E-state index contributed by atoms with van der Waals surface area (Å²) < 4.78 is 11.5. The predicted octanol–water partition coefficient (Wildman–Crippen LogP) is 2.47. The van der Waals surface area contributed by atoms with Gasteiger partial charge in [0.05, 0.1) is 12.3 Å². The van der Waals surface area contributed by atoms with Crippen molar-refractivity contribution < 1.29 is 14.6 Å². The van der Waals surface area contributed by atoms with E-state index in [9.17, 15) is 5.11 Å². The molecule has 1 N–H and O–H groups in total. The second-order valence-corrected chi connectivity index (χ2v) is 4.56. The van der Waals surface area contributed by atoms with Crippen LogP contribution in [0.1, 0.15) is 22.4 Å². The van der Waals surface area contributed by atoms with E-state index in [1.807, 2.05) is 30.3 Å². The molecule has 0 saturated heterocycles. The number of fused-ring (bicyclic) bond motifs is 1. The standard InChI is InChI=1S/C15H15NO3/c1-10-14(17)12-9-19-15(18-2,13(12)8-16-10)11-6-4-3-5-7-11/h3-8,17H,9H2,1-2H3. The Hall–Kier alpha value is -1.91. The number of ether oxygens (including phenoxy) is 2. The summed E-state index contributed by atoms with van der Waals surface area (Å²) in [7, 11) is 1.60. The molecule has 0 fully saturated rings. The topological polar surface area (TPSA) is 51.6 Å². The average molecular weight is 257 g/mol. The summed E-state index contributed by atoms with van der Waals surface area (Å²) in [6.07, 6.45) is 1.72. The summed E-state index contributed by atoms with van der Waals surface area (Å²) in [6, 6.07) is 9.68. The maximum atomic E-state index is 10.1. The predicted molar refractivity (Wildman–Crippen MR) is 69.7 cm³/mol. The van der Waals surface area contributed by atoms with Gasteiger partial charge in [0.1, 0.15) is 5.75 Å². The van der Waals surface area contributed by atoms with Crippen LogP contribution in [0.4, 0.5) is 0 Å². The second kappa shape index (κ2) is 4.33. The van der Waals surface area contributed by atoms with E-state index in [4.69, 9.17) is 9.47 Å². The number of aryl methyl sites for hydroxylation is 1. The summed E-state index contributed by atoms with van der Waals surface area (Å²) in [5.41, 5.74) is 3.01. The molecule has 1 atom stereocenters. The number of benzene rings is 1. The molecule has 1 aliphatic rings. The molecule has 0 spiro atoms. The molecule has 2 aromatic rings. The number of hydrogen-bond donors (Lipinski definition) is 1. The highest BCUT2D eigenvalue weighted by Gasteiger charge is 2.44. The van der Waals surface area contributed by atoms with E-state index >= 15 is 0 Å². The Morgan fingerprint density at radius 3 is 2.74 bits per heavy atom. The first-order chi connectivity index (χ1) is 9.19. The van der Waals surface area contributed by atoms with Crippen LogP contribution >= 0.6 is 0 Å². The van der Waals surface area contributed by atoms with Gasteiger partial charge < -0.3 is 14.6 Å². The molecule has 0 bridgehead atoms. The molecule has 0 amide bonds. The lowest BCUT2D eigenvalue weighted by atomic mass is 9.96. The monoisotopic (exact) mass is 257 g/mol. The Balaban J connectivity index is 2.21. The van der Waals surface area contributed by atoms with Crippen LogP contribution in [-0.4, -0.2) is 17.2 Å². The zero-order valence-electron chi connectivity index (χ0n) is 10.9. The Morgan fingerprint density at radius 2 is 2.05 bits per heavy atom. The summed E-state index contributed by atoms with van der Waals surface area (Å²) in [5.74, 6) is -0.790. The SMILES string of the molecule is COC1(c2ccccc2)OCc2c1cnc(C)c2O. The molecule has 1 aliphatic heterocycles. The normalized spacial score (nSPS) is 21.4. The molecule has 4 nitrogen and oxygen atoms in total. The van der Waals surface area contributed by atoms with E-state index in [2.05, 4.69) is 4.98 Å². The van der Waals surface area contributed by atoms with Crippen molar-refractivity contribution in [1.82, 2.24) is 4.98 Å². The van der Waals surface area contributed by atoms with E-state index < -0.39 is 5.79 Å². The van der Waals surface area contributed by atoms with Gasteiger partial charge in [0.25, 0.3) is 0 Å². The van der Waals surface area contributed by atoms with E-state index in [-0.39, 0.29) is 5.75 Å². The molecule has 1 aromatic carbocycles. The first kappa shape index (κ1) is 12.1. The van der Waals surface area contributed by atoms with Crippen LogP contribution in [0, 0.1) is 6.92 Å². The number of hydrogen-bond acceptors (Lipinski definition) is 4. The van der Waals surface area contributed by atoms with Gasteiger partial charge in [-0.2, -0.15) is 0 Å². The van der Waals surface area contributed by atoms with Gasteiger partial charge in [0, 0.05) is 30.0 Å². The highest BCUT2D eigenvalue weighted by molar-refractivity contribution is 5.48. The third kappa shape index (κ3) is 1.64. The molecular formula is C15H15NO3. The number of aromatic hydroxyl groups is 1. The fraction of sp³-hybridized carbons (Fsp3) is 0.267. The molecule has 98 valence electrons. The molecule has 0 aliphatic carbocycles. The van der Waals surface area contributed by atoms with Crippen LogP contribution < -0.4 is 0 Å². The first-order valence-corrected chi connectivity index (χ1v) is 6.11. The van der Waals surface area contributed by atoms with Crippen LogP contribution in [0.3, 0.4) is 0 Å². The van der Waals surface area contributed by atoms with Gasteiger partial charge in [0.15, 0.2) is 0 Å². The van der Waals surface area contributed by atoms with Gasteiger partial charge in [0.2, 0.25) is 5.79 Å². The molecule has 1 unspecified atom stereocenters. The zero-order chi connectivity index (χ0) is 13.5. The van der Waals surface area contributed by atoms with Gasteiger partial charge in [-0.25, -0.2) is 0 Å². The largest absolute Gasteiger partial charge is 0.506 e. The fourth-order valence-corrected chi connectivity index (χ4v) is 2.51. The van der Waals surface area contributed by atoms with Crippen LogP contribution in [-0.2, 0) is 21.9 Å². The maximum absolute atomic E-state index is 10.1. The highest BCUT2D eigenvalue weighted by Crippen LogP contribution is 2.45. The van der Waals surface area contributed by atoms with E-state index in [0.717, 1.165) is 16.7 Å². The number of rotatable bonds is 2. The van der Waals surface area contributed by atoms with Gasteiger partial charge in [-0.05, 0) is 6.92 Å². The van der Waals surface area contributed by atoms with Crippen LogP contribution in [0.2, 0.25) is 0 Å². The van der Waals surface area contributed by atoms with E-state index in [1.165, 1.54) is 0 Å². The van der Waals surface area contributed by atoms with Crippen molar-refractivity contribution in [3.05, 3.63) is 58.9 Å². The highest BCUT2D eigenvalue weighted by atomic mass is 16.7. The third-order valence-electron chi connectivity index (χ3n) is 3.56. The quantitative estimate of drug-likeness (QED) is 0.898. The van der Waals surface area contributed by atoms with Gasteiger partial charge in [-0.1, -0.05) is 30.3 Å². The Morgan fingerprint density at radius 1 is 1.32 bits per heavy atom. The third-order valence-corrected chi connectivity index (χ3v) is 3.56. The Kier molecular flexibility index (Phi) is 2.77. The number of nitrogens with zero attached hydrogens (tertiary/aromatic N) is 1. The molecule has 4 heteroatoms. The molecule has 0 saturated carbocycles.